The van der Waals surface area contributed by atoms with Crippen LogP contribution in [-0.4, -0.2) is 28.8 Å². The lowest BCUT2D eigenvalue weighted by molar-refractivity contribution is 0.0945. The van der Waals surface area contributed by atoms with E-state index in [0.29, 0.717) is 6.54 Å². The molecule has 0 aliphatic heterocycles. The number of aromatic nitrogens is 2. The van der Waals surface area contributed by atoms with Gasteiger partial charge in [-0.2, -0.15) is 0 Å². The quantitative estimate of drug-likeness (QED) is 0.859. The SMILES string of the molecule is CNC(=O)c1cc(C(=O)NCc2ccccc2)ncn1. The molecule has 0 saturated heterocycles. The van der Waals surface area contributed by atoms with Crippen LogP contribution in [0.3, 0.4) is 0 Å². The van der Waals surface area contributed by atoms with Gasteiger partial charge in [0.2, 0.25) is 0 Å². The summed E-state index contributed by atoms with van der Waals surface area (Å²) in [5, 5.41) is 5.18. The lowest BCUT2D eigenvalue weighted by Crippen LogP contribution is -2.25. The van der Waals surface area contributed by atoms with Gasteiger partial charge in [0.25, 0.3) is 11.8 Å². The lowest BCUT2D eigenvalue weighted by atomic mass is 10.2. The van der Waals surface area contributed by atoms with Gasteiger partial charge in [-0.25, -0.2) is 9.97 Å². The van der Waals surface area contributed by atoms with Crippen molar-refractivity contribution in [2.75, 3.05) is 7.05 Å². The summed E-state index contributed by atoms with van der Waals surface area (Å²) in [6, 6.07) is 10.9. The number of benzene rings is 1. The Hall–Kier alpha value is -2.76. The number of nitrogens with zero attached hydrogens (tertiary/aromatic N) is 2. The predicted octanol–water partition coefficient (Wildman–Crippen LogP) is 0.766. The van der Waals surface area contributed by atoms with E-state index in [-0.39, 0.29) is 23.2 Å². The van der Waals surface area contributed by atoms with E-state index in [1.807, 2.05) is 30.3 Å². The van der Waals surface area contributed by atoms with Crippen molar-refractivity contribution in [1.82, 2.24) is 20.6 Å². The normalized spacial score (nSPS) is 9.85. The van der Waals surface area contributed by atoms with Crippen LogP contribution >= 0.6 is 0 Å². The summed E-state index contributed by atoms with van der Waals surface area (Å²) in [5.41, 5.74) is 1.31. The molecule has 2 amide bonds. The van der Waals surface area contributed by atoms with Crippen molar-refractivity contribution in [3.63, 3.8) is 0 Å². The summed E-state index contributed by atoms with van der Waals surface area (Å²) < 4.78 is 0. The number of hydrogen-bond acceptors (Lipinski definition) is 4. The monoisotopic (exact) mass is 270 g/mol. The first-order valence-electron chi connectivity index (χ1n) is 6.07. The van der Waals surface area contributed by atoms with E-state index in [1.54, 1.807) is 0 Å². The van der Waals surface area contributed by atoms with Crippen LogP contribution in [0.1, 0.15) is 26.5 Å². The zero-order valence-electron chi connectivity index (χ0n) is 11.0. The van der Waals surface area contributed by atoms with Crippen molar-refractivity contribution in [1.29, 1.82) is 0 Å². The molecule has 0 saturated carbocycles. The second kappa shape index (κ2) is 6.42. The Kier molecular flexibility index (Phi) is 4.39. The minimum absolute atomic E-state index is 0.160. The molecule has 1 aromatic carbocycles. The first-order valence-corrected chi connectivity index (χ1v) is 6.07. The number of amides is 2. The highest BCUT2D eigenvalue weighted by Gasteiger charge is 2.11. The van der Waals surface area contributed by atoms with Crippen molar-refractivity contribution in [3.05, 3.63) is 59.7 Å². The van der Waals surface area contributed by atoms with Crippen molar-refractivity contribution in [2.24, 2.45) is 0 Å². The highest BCUT2D eigenvalue weighted by molar-refractivity contribution is 5.97. The van der Waals surface area contributed by atoms with Crippen LogP contribution in [0.15, 0.2) is 42.7 Å². The highest BCUT2D eigenvalue weighted by atomic mass is 16.2. The molecular weight excluding hydrogens is 256 g/mol. The Morgan fingerprint density at radius 2 is 1.70 bits per heavy atom. The molecule has 20 heavy (non-hydrogen) atoms. The lowest BCUT2D eigenvalue weighted by Gasteiger charge is -2.05. The summed E-state index contributed by atoms with van der Waals surface area (Å²) in [6.45, 7) is 0.402. The summed E-state index contributed by atoms with van der Waals surface area (Å²) in [6.07, 6.45) is 1.20. The van der Waals surface area contributed by atoms with Crippen LogP contribution in [0.5, 0.6) is 0 Å². The molecule has 2 rings (SSSR count). The van der Waals surface area contributed by atoms with E-state index < -0.39 is 0 Å². The Morgan fingerprint density at radius 1 is 1.05 bits per heavy atom. The van der Waals surface area contributed by atoms with Crippen molar-refractivity contribution >= 4 is 11.8 Å². The van der Waals surface area contributed by atoms with E-state index in [9.17, 15) is 9.59 Å². The van der Waals surface area contributed by atoms with E-state index in [4.69, 9.17) is 0 Å². The van der Waals surface area contributed by atoms with Crippen LogP contribution in [0, 0.1) is 0 Å². The maximum Gasteiger partial charge on any atom is 0.270 e. The second-order valence-corrected chi connectivity index (χ2v) is 4.04. The predicted molar refractivity (Wildman–Crippen MR) is 73.0 cm³/mol. The van der Waals surface area contributed by atoms with Crippen LogP contribution in [-0.2, 0) is 6.54 Å². The number of carbonyl (C=O) groups excluding carboxylic acids is 2. The first kappa shape index (κ1) is 13.7. The van der Waals surface area contributed by atoms with Gasteiger partial charge in [-0.15, -0.1) is 0 Å². The van der Waals surface area contributed by atoms with Gasteiger partial charge in [-0.3, -0.25) is 9.59 Å². The number of rotatable bonds is 4. The van der Waals surface area contributed by atoms with Crippen molar-refractivity contribution < 1.29 is 9.59 Å². The molecule has 6 nitrogen and oxygen atoms in total. The fraction of sp³-hybridized carbons (Fsp3) is 0.143. The molecule has 0 aliphatic carbocycles. The third-order valence-electron chi connectivity index (χ3n) is 2.66. The van der Waals surface area contributed by atoms with Gasteiger partial charge in [0.1, 0.15) is 17.7 Å². The molecule has 0 fully saturated rings. The Balaban J connectivity index is 2.04. The van der Waals surface area contributed by atoms with E-state index in [0.717, 1.165) is 5.56 Å². The van der Waals surface area contributed by atoms with E-state index >= 15 is 0 Å². The molecule has 1 heterocycles. The summed E-state index contributed by atoms with van der Waals surface area (Å²) >= 11 is 0. The number of carbonyl (C=O) groups is 2. The first-order chi connectivity index (χ1) is 9.70. The van der Waals surface area contributed by atoms with Crippen LogP contribution < -0.4 is 10.6 Å². The van der Waals surface area contributed by atoms with Crippen LogP contribution in [0.2, 0.25) is 0 Å². The number of nitrogens with one attached hydrogen (secondary N) is 2. The molecule has 0 atom stereocenters. The van der Waals surface area contributed by atoms with E-state index in [2.05, 4.69) is 20.6 Å². The fourth-order valence-electron chi connectivity index (χ4n) is 1.60. The molecule has 0 aliphatic rings. The Bertz CT molecular complexity index is 614. The van der Waals surface area contributed by atoms with Gasteiger partial charge in [-0.1, -0.05) is 30.3 Å². The number of hydrogen-bond donors (Lipinski definition) is 2. The van der Waals surface area contributed by atoms with Crippen LogP contribution in [0.25, 0.3) is 0 Å². The van der Waals surface area contributed by atoms with Gasteiger partial charge in [0.15, 0.2) is 0 Å². The molecule has 1 aromatic heterocycles. The third-order valence-corrected chi connectivity index (χ3v) is 2.66. The van der Waals surface area contributed by atoms with Gasteiger partial charge in [-0.05, 0) is 5.56 Å². The third kappa shape index (κ3) is 3.38. The average molecular weight is 270 g/mol. The highest BCUT2D eigenvalue weighted by Crippen LogP contribution is 2.01. The molecular formula is C14H14N4O2. The maximum atomic E-state index is 11.9. The largest absolute Gasteiger partial charge is 0.354 e. The van der Waals surface area contributed by atoms with Gasteiger partial charge in [0.05, 0.1) is 0 Å². The standard InChI is InChI=1S/C14H14N4O2/c1-15-13(19)11-7-12(18-9-17-11)14(20)16-8-10-5-3-2-4-6-10/h2-7,9H,8H2,1H3,(H,15,19)(H,16,20). The maximum absolute atomic E-state index is 11.9. The van der Waals surface area contributed by atoms with Gasteiger partial charge in [0, 0.05) is 19.7 Å². The van der Waals surface area contributed by atoms with Crippen molar-refractivity contribution in [2.45, 2.75) is 6.54 Å². The summed E-state index contributed by atoms with van der Waals surface area (Å²) in [5.74, 6) is -0.703. The molecule has 2 aromatic rings. The molecule has 102 valence electrons. The molecule has 0 spiro atoms. The van der Waals surface area contributed by atoms with Crippen molar-refractivity contribution in [3.8, 4) is 0 Å². The summed E-state index contributed by atoms with van der Waals surface area (Å²) in [7, 11) is 1.50. The fourth-order valence-corrected chi connectivity index (χ4v) is 1.60. The summed E-state index contributed by atoms with van der Waals surface area (Å²) in [4.78, 5) is 31.1. The van der Waals surface area contributed by atoms with Gasteiger partial charge < -0.3 is 10.6 Å². The van der Waals surface area contributed by atoms with Gasteiger partial charge >= 0.3 is 0 Å². The average Bonchev–Trinajstić information content (AvgIpc) is 2.53. The minimum Gasteiger partial charge on any atom is -0.354 e. The molecule has 0 bridgehead atoms. The second-order valence-electron chi connectivity index (χ2n) is 4.04. The molecule has 6 heteroatoms. The minimum atomic E-state index is -0.357. The van der Waals surface area contributed by atoms with E-state index in [1.165, 1.54) is 19.4 Å². The smallest absolute Gasteiger partial charge is 0.270 e. The zero-order valence-corrected chi connectivity index (χ0v) is 11.0. The van der Waals surface area contributed by atoms with Crippen LogP contribution in [0.4, 0.5) is 0 Å². The topological polar surface area (TPSA) is 84.0 Å². The molecule has 0 unspecified atom stereocenters. The Labute approximate surface area is 116 Å². The Morgan fingerprint density at radius 3 is 2.35 bits per heavy atom. The molecule has 0 radical (unpaired) electrons. The molecule has 2 N–H and O–H groups in total. The zero-order chi connectivity index (χ0) is 14.4.